The third kappa shape index (κ3) is 3.50. The number of nitrogens with zero attached hydrogens (tertiary/aromatic N) is 1. The highest BCUT2D eigenvalue weighted by Crippen LogP contribution is 2.10. The van der Waals surface area contributed by atoms with Gasteiger partial charge >= 0.3 is 0 Å². The van der Waals surface area contributed by atoms with Crippen molar-refractivity contribution in [3.05, 3.63) is 59.5 Å². The molecule has 1 aromatic heterocycles. The van der Waals surface area contributed by atoms with Gasteiger partial charge in [-0.15, -0.1) is 0 Å². The van der Waals surface area contributed by atoms with Crippen LogP contribution in [0.5, 0.6) is 0 Å². The fraction of sp³-hybridized carbons (Fsp3) is 0.188. The molecule has 2 aromatic rings. The van der Waals surface area contributed by atoms with Crippen LogP contribution in [0.25, 0.3) is 0 Å². The molecule has 0 atom stereocenters. The lowest BCUT2D eigenvalue weighted by molar-refractivity contribution is 0.0775. The predicted octanol–water partition coefficient (Wildman–Crippen LogP) is 1.86. The summed E-state index contributed by atoms with van der Waals surface area (Å²) in [6, 6.07) is 10.8. The molecule has 20 heavy (non-hydrogen) atoms. The molecule has 4 heteroatoms. The predicted molar refractivity (Wildman–Crippen MR) is 76.9 cm³/mol. The third-order valence-electron chi connectivity index (χ3n) is 2.79. The van der Waals surface area contributed by atoms with E-state index in [4.69, 9.17) is 10.2 Å². The molecule has 0 fully saturated rings. The topological polar surface area (TPSA) is 59.5 Å². The van der Waals surface area contributed by atoms with Gasteiger partial charge in [-0.05, 0) is 36.4 Å². The van der Waals surface area contributed by atoms with E-state index < -0.39 is 0 Å². The van der Waals surface area contributed by atoms with Gasteiger partial charge < -0.3 is 15.1 Å². The second kappa shape index (κ2) is 6.60. The lowest BCUT2D eigenvalue weighted by Crippen LogP contribution is -2.25. The van der Waals surface area contributed by atoms with Crippen LogP contribution in [0.2, 0.25) is 0 Å². The lowest BCUT2D eigenvalue weighted by atomic mass is 10.1. The number of carbonyl (C=O) groups excluding carboxylic acids is 1. The number of carbonyl (C=O) groups is 1. The molecule has 1 amide bonds. The molecule has 0 spiro atoms. The van der Waals surface area contributed by atoms with E-state index in [-0.39, 0.29) is 5.91 Å². The van der Waals surface area contributed by atoms with Crippen molar-refractivity contribution in [1.29, 1.82) is 0 Å². The highest BCUT2D eigenvalue weighted by molar-refractivity contribution is 5.94. The molecule has 4 nitrogen and oxygen atoms in total. The molecule has 0 aliphatic rings. The first-order chi connectivity index (χ1) is 9.70. The van der Waals surface area contributed by atoms with Crippen LogP contribution in [0, 0.1) is 11.8 Å². The molecule has 102 valence electrons. The van der Waals surface area contributed by atoms with Gasteiger partial charge in [0.1, 0.15) is 5.76 Å². The zero-order chi connectivity index (χ0) is 14.4. The highest BCUT2D eigenvalue weighted by Gasteiger charge is 2.12. The summed E-state index contributed by atoms with van der Waals surface area (Å²) in [5, 5.41) is 0. The summed E-state index contributed by atoms with van der Waals surface area (Å²) in [4.78, 5) is 13.8. The molecular weight excluding hydrogens is 252 g/mol. The van der Waals surface area contributed by atoms with Crippen LogP contribution >= 0.6 is 0 Å². The molecular formula is C16H16N2O2. The standard InChI is InChI=1S/C16H16N2O2/c1-18(12-15-5-3-11-20-15)16(19)14-8-6-13(7-9-14)4-2-10-17/h3,5-9,11H,10,12,17H2,1H3. The largest absolute Gasteiger partial charge is 0.467 e. The summed E-state index contributed by atoms with van der Waals surface area (Å²) in [6.45, 7) is 0.771. The van der Waals surface area contributed by atoms with Crippen molar-refractivity contribution in [1.82, 2.24) is 4.90 Å². The van der Waals surface area contributed by atoms with Gasteiger partial charge in [-0.3, -0.25) is 4.79 Å². The van der Waals surface area contributed by atoms with Gasteiger partial charge in [0.05, 0.1) is 19.4 Å². The second-order valence-corrected chi connectivity index (χ2v) is 4.32. The molecule has 0 unspecified atom stereocenters. The van der Waals surface area contributed by atoms with Crippen molar-refractivity contribution in [2.75, 3.05) is 13.6 Å². The Hall–Kier alpha value is -2.51. The zero-order valence-corrected chi connectivity index (χ0v) is 11.3. The molecule has 0 radical (unpaired) electrons. The summed E-state index contributed by atoms with van der Waals surface area (Å²) >= 11 is 0. The van der Waals surface area contributed by atoms with E-state index in [1.54, 1.807) is 36.4 Å². The van der Waals surface area contributed by atoms with E-state index in [1.807, 2.05) is 18.2 Å². The van der Waals surface area contributed by atoms with Gasteiger partial charge in [-0.2, -0.15) is 0 Å². The molecule has 0 saturated heterocycles. The van der Waals surface area contributed by atoms with E-state index in [0.717, 1.165) is 11.3 Å². The van der Waals surface area contributed by atoms with Crippen LogP contribution in [-0.4, -0.2) is 24.4 Å². The van der Waals surface area contributed by atoms with Crippen LogP contribution in [0.15, 0.2) is 47.1 Å². The van der Waals surface area contributed by atoms with Crippen molar-refractivity contribution >= 4 is 5.91 Å². The molecule has 2 rings (SSSR count). The lowest BCUT2D eigenvalue weighted by Gasteiger charge is -2.15. The third-order valence-corrected chi connectivity index (χ3v) is 2.79. The maximum Gasteiger partial charge on any atom is 0.254 e. The fourth-order valence-corrected chi connectivity index (χ4v) is 1.78. The number of benzene rings is 1. The second-order valence-electron chi connectivity index (χ2n) is 4.32. The molecule has 0 saturated carbocycles. The Bertz CT molecular complexity index is 619. The van der Waals surface area contributed by atoms with Crippen molar-refractivity contribution in [2.24, 2.45) is 5.73 Å². The first-order valence-electron chi connectivity index (χ1n) is 6.27. The van der Waals surface area contributed by atoms with Crippen LogP contribution in [0.4, 0.5) is 0 Å². The smallest absolute Gasteiger partial charge is 0.254 e. The van der Waals surface area contributed by atoms with Crippen LogP contribution < -0.4 is 5.73 Å². The normalized spacial score (nSPS) is 9.70. The van der Waals surface area contributed by atoms with Crippen LogP contribution in [0.3, 0.4) is 0 Å². The summed E-state index contributed by atoms with van der Waals surface area (Å²) in [6.07, 6.45) is 1.60. The average Bonchev–Trinajstić information content (AvgIpc) is 2.97. The molecule has 1 aromatic carbocycles. The Morgan fingerprint density at radius 1 is 1.30 bits per heavy atom. The quantitative estimate of drug-likeness (QED) is 0.864. The SMILES string of the molecule is CN(Cc1ccco1)C(=O)c1ccc(C#CCN)cc1. The summed E-state index contributed by atoms with van der Waals surface area (Å²) in [5.41, 5.74) is 6.79. The number of nitrogens with two attached hydrogens (primary N) is 1. The summed E-state index contributed by atoms with van der Waals surface area (Å²) in [7, 11) is 1.74. The number of amides is 1. The van der Waals surface area contributed by atoms with Crippen molar-refractivity contribution in [3.63, 3.8) is 0 Å². The van der Waals surface area contributed by atoms with Gasteiger partial charge in [0.2, 0.25) is 0 Å². The van der Waals surface area contributed by atoms with Crippen LogP contribution in [0.1, 0.15) is 21.7 Å². The molecule has 0 bridgehead atoms. The van der Waals surface area contributed by atoms with Gasteiger partial charge in [0.15, 0.2) is 0 Å². The molecule has 0 aliphatic heterocycles. The minimum absolute atomic E-state index is 0.0558. The average molecular weight is 268 g/mol. The fourth-order valence-electron chi connectivity index (χ4n) is 1.78. The Labute approximate surface area is 118 Å². The Balaban J connectivity index is 2.05. The number of rotatable bonds is 3. The first kappa shape index (κ1) is 13.9. The van der Waals surface area contributed by atoms with Crippen molar-refractivity contribution < 1.29 is 9.21 Å². The first-order valence-corrected chi connectivity index (χ1v) is 6.27. The van der Waals surface area contributed by atoms with E-state index in [0.29, 0.717) is 18.7 Å². The van der Waals surface area contributed by atoms with E-state index in [9.17, 15) is 4.79 Å². The van der Waals surface area contributed by atoms with Gasteiger partial charge in [-0.25, -0.2) is 0 Å². The summed E-state index contributed by atoms with van der Waals surface area (Å²) < 4.78 is 5.23. The van der Waals surface area contributed by atoms with Crippen LogP contribution in [-0.2, 0) is 6.54 Å². The zero-order valence-electron chi connectivity index (χ0n) is 11.3. The van der Waals surface area contributed by atoms with E-state index in [2.05, 4.69) is 11.8 Å². The number of hydrogen-bond acceptors (Lipinski definition) is 3. The van der Waals surface area contributed by atoms with Crippen molar-refractivity contribution in [3.8, 4) is 11.8 Å². The molecule has 0 aliphatic carbocycles. The minimum atomic E-state index is -0.0558. The minimum Gasteiger partial charge on any atom is -0.467 e. The van der Waals surface area contributed by atoms with Crippen molar-refractivity contribution in [2.45, 2.75) is 6.54 Å². The Kier molecular flexibility index (Phi) is 4.59. The molecule has 1 heterocycles. The number of hydrogen-bond donors (Lipinski definition) is 1. The monoisotopic (exact) mass is 268 g/mol. The Morgan fingerprint density at radius 2 is 2.05 bits per heavy atom. The maximum atomic E-state index is 12.2. The highest BCUT2D eigenvalue weighted by atomic mass is 16.3. The van der Waals surface area contributed by atoms with Gasteiger partial charge in [0.25, 0.3) is 5.91 Å². The van der Waals surface area contributed by atoms with E-state index >= 15 is 0 Å². The van der Waals surface area contributed by atoms with E-state index in [1.165, 1.54) is 0 Å². The maximum absolute atomic E-state index is 12.2. The van der Waals surface area contributed by atoms with Gasteiger partial charge in [-0.1, -0.05) is 11.8 Å². The summed E-state index contributed by atoms with van der Waals surface area (Å²) in [5.74, 6) is 6.40. The molecule has 2 N–H and O–H groups in total. The number of furan rings is 1. The Morgan fingerprint density at radius 3 is 2.65 bits per heavy atom. The van der Waals surface area contributed by atoms with Gasteiger partial charge in [0, 0.05) is 18.2 Å².